The smallest absolute Gasteiger partial charge is 0.227 e. The van der Waals surface area contributed by atoms with E-state index in [9.17, 15) is 9.59 Å². The molecule has 7 heteroatoms. The molecule has 0 aliphatic heterocycles. The number of amides is 2. The van der Waals surface area contributed by atoms with E-state index in [-0.39, 0.29) is 24.2 Å². The van der Waals surface area contributed by atoms with Crippen LogP contribution in [0.1, 0.15) is 25.3 Å². The summed E-state index contributed by atoms with van der Waals surface area (Å²) in [6.45, 7) is 3.06. The third-order valence-corrected chi connectivity index (χ3v) is 4.73. The van der Waals surface area contributed by atoms with Crippen molar-refractivity contribution in [2.45, 2.75) is 26.3 Å². The number of carbonyl (C=O) groups is 2. The number of aromatic nitrogens is 2. The van der Waals surface area contributed by atoms with Crippen molar-refractivity contribution in [2.24, 2.45) is 11.8 Å². The highest BCUT2D eigenvalue weighted by Crippen LogP contribution is 2.37. The van der Waals surface area contributed by atoms with Gasteiger partial charge < -0.3 is 10.6 Å². The predicted octanol–water partition coefficient (Wildman–Crippen LogP) is 2.09. The van der Waals surface area contributed by atoms with Gasteiger partial charge in [-0.2, -0.15) is 16.4 Å². The molecule has 0 saturated heterocycles. The number of anilines is 1. The van der Waals surface area contributed by atoms with Gasteiger partial charge in [0.2, 0.25) is 11.8 Å². The second kappa shape index (κ2) is 6.95. The fourth-order valence-corrected chi connectivity index (χ4v) is 3.10. The summed E-state index contributed by atoms with van der Waals surface area (Å²) in [6.07, 6.45) is 2.88. The first kappa shape index (κ1) is 15.7. The Hall–Kier alpha value is -2.15. The second-order valence-electron chi connectivity index (χ2n) is 5.91. The van der Waals surface area contributed by atoms with E-state index in [2.05, 4.69) is 28.0 Å². The van der Waals surface area contributed by atoms with Gasteiger partial charge in [-0.25, -0.2) is 4.68 Å². The SMILES string of the molecule is CC1CC1C(=O)NCCC(=O)Nc1ccnn1Cc1ccsc1. The molecule has 2 N–H and O–H groups in total. The van der Waals surface area contributed by atoms with Crippen LogP contribution in [0, 0.1) is 11.8 Å². The third kappa shape index (κ3) is 4.19. The van der Waals surface area contributed by atoms with Crippen LogP contribution in [-0.2, 0) is 16.1 Å². The van der Waals surface area contributed by atoms with E-state index in [1.807, 2.05) is 11.4 Å². The lowest BCUT2D eigenvalue weighted by Crippen LogP contribution is -2.29. The minimum atomic E-state index is -0.124. The number of hydrogen-bond acceptors (Lipinski definition) is 4. The molecule has 2 atom stereocenters. The standard InChI is InChI=1S/C16H20N4O2S/c1-11-8-13(11)16(22)17-5-3-15(21)19-14-2-6-18-20(14)9-12-4-7-23-10-12/h2,4,6-7,10-11,13H,3,5,8-9H2,1H3,(H,17,22)(H,19,21). The van der Waals surface area contributed by atoms with Crippen molar-refractivity contribution in [3.8, 4) is 0 Å². The lowest BCUT2D eigenvalue weighted by atomic mass is 10.3. The number of thiophene rings is 1. The van der Waals surface area contributed by atoms with Crippen molar-refractivity contribution >= 4 is 29.0 Å². The topological polar surface area (TPSA) is 76.0 Å². The minimum Gasteiger partial charge on any atom is -0.355 e. The highest BCUT2D eigenvalue weighted by atomic mass is 32.1. The molecule has 2 heterocycles. The van der Waals surface area contributed by atoms with Gasteiger partial charge in [-0.1, -0.05) is 6.92 Å². The summed E-state index contributed by atoms with van der Waals surface area (Å²) in [4.78, 5) is 23.7. The van der Waals surface area contributed by atoms with Crippen LogP contribution in [0.2, 0.25) is 0 Å². The summed E-state index contributed by atoms with van der Waals surface area (Å²) in [5, 5.41) is 14.0. The van der Waals surface area contributed by atoms with Crippen LogP contribution in [0.5, 0.6) is 0 Å². The second-order valence-corrected chi connectivity index (χ2v) is 6.69. The maximum atomic E-state index is 12.0. The van der Waals surface area contributed by atoms with E-state index >= 15 is 0 Å². The van der Waals surface area contributed by atoms with Gasteiger partial charge in [0, 0.05) is 24.9 Å². The molecule has 0 bridgehead atoms. The van der Waals surface area contributed by atoms with Crippen LogP contribution in [0.4, 0.5) is 5.82 Å². The highest BCUT2D eigenvalue weighted by molar-refractivity contribution is 7.07. The third-order valence-electron chi connectivity index (χ3n) is 3.99. The molecule has 2 unspecified atom stereocenters. The van der Waals surface area contributed by atoms with Gasteiger partial charge >= 0.3 is 0 Å². The van der Waals surface area contributed by atoms with Crippen molar-refractivity contribution in [3.63, 3.8) is 0 Å². The van der Waals surface area contributed by atoms with Crippen LogP contribution in [0.25, 0.3) is 0 Å². The zero-order chi connectivity index (χ0) is 16.2. The molecule has 0 aromatic carbocycles. The van der Waals surface area contributed by atoms with Crippen LogP contribution >= 0.6 is 11.3 Å². The highest BCUT2D eigenvalue weighted by Gasteiger charge is 2.38. The molecule has 23 heavy (non-hydrogen) atoms. The van der Waals surface area contributed by atoms with E-state index < -0.39 is 0 Å². The van der Waals surface area contributed by atoms with Crippen molar-refractivity contribution in [1.29, 1.82) is 0 Å². The molecule has 0 radical (unpaired) electrons. The van der Waals surface area contributed by atoms with Crippen LogP contribution in [0.15, 0.2) is 29.1 Å². The summed E-state index contributed by atoms with van der Waals surface area (Å²) < 4.78 is 1.75. The Bertz CT molecular complexity index is 680. The molecule has 1 saturated carbocycles. The van der Waals surface area contributed by atoms with E-state index in [4.69, 9.17) is 0 Å². The minimum absolute atomic E-state index is 0.0628. The van der Waals surface area contributed by atoms with Crippen molar-refractivity contribution < 1.29 is 9.59 Å². The molecule has 122 valence electrons. The van der Waals surface area contributed by atoms with Crippen molar-refractivity contribution in [1.82, 2.24) is 15.1 Å². The predicted molar refractivity (Wildman–Crippen MR) is 89.2 cm³/mol. The maximum Gasteiger partial charge on any atom is 0.227 e. The van der Waals surface area contributed by atoms with Gasteiger partial charge in [0.05, 0.1) is 12.7 Å². The maximum absolute atomic E-state index is 12.0. The summed E-state index contributed by atoms with van der Waals surface area (Å²) in [5.41, 5.74) is 1.15. The van der Waals surface area contributed by atoms with Crippen LogP contribution in [-0.4, -0.2) is 28.1 Å². The fraction of sp³-hybridized carbons (Fsp3) is 0.438. The largest absolute Gasteiger partial charge is 0.355 e. The molecule has 6 nitrogen and oxygen atoms in total. The monoisotopic (exact) mass is 332 g/mol. The summed E-state index contributed by atoms with van der Waals surface area (Å²) in [6, 6.07) is 3.81. The molecule has 1 fully saturated rings. The van der Waals surface area contributed by atoms with Gasteiger partial charge in [0.25, 0.3) is 0 Å². The Morgan fingerprint density at radius 2 is 2.26 bits per heavy atom. The van der Waals surface area contributed by atoms with Gasteiger partial charge in [0.1, 0.15) is 5.82 Å². The molecular formula is C16H20N4O2S. The van der Waals surface area contributed by atoms with Crippen molar-refractivity contribution in [2.75, 3.05) is 11.9 Å². The fourth-order valence-electron chi connectivity index (χ4n) is 2.44. The molecule has 2 aromatic rings. The number of nitrogens with zero attached hydrogens (tertiary/aromatic N) is 2. The van der Waals surface area contributed by atoms with Gasteiger partial charge in [-0.05, 0) is 34.7 Å². The normalized spacial score (nSPS) is 19.3. The number of hydrogen-bond donors (Lipinski definition) is 2. The van der Waals surface area contributed by atoms with E-state index in [0.717, 1.165) is 12.0 Å². The molecule has 1 aliphatic rings. The zero-order valence-electron chi connectivity index (χ0n) is 13.0. The van der Waals surface area contributed by atoms with Crippen LogP contribution < -0.4 is 10.6 Å². The van der Waals surface area contributed by atoms with Gasteiger partial charge in [-0.15, -0.1) is 0 Å². The van der Waals surface area contributed by atoms with Gasteiger partial charge in [0.15, 0.2) is 0 Å². The first-order chi connectivity index (χ1) is 11.1. The Balaban J connectivity index is 1.44. The zero-order valence-corrected chi connectivity index (χ0v) is 13.8. The number of rotatable bonds is 7. The Kier molecular flexibility index (Phi) is 4.76. The number of nitrogens with one attached hydrogen (secondary N) is 2. The summed E-state index contributed by atoms with van der Waals surface area (Å²) in [5.74, 6) is 1.23. The first-order valence-corrected chi connectivity index (χ1v) is 8.68. The average molecular weight is 332 g/mol. The average Bonchev–Trinajstić information content (AvgIpc) is 2.92. The Labute approximate surface area is 138 Å². The van der Waals surface area contributed by atoms with Crippen LogP contribution in [0.3, 0.4) is 0 Å². The number of carbonyl (C=O) groups excluding carboxylic acids is 2. The Morgan fingerprint density at radius 3 is 2.96 bits per heavy atom. The molecule has 0 spiro atoms. The summed E-state index contributed by atoms with van der Waals surface area (Å²) >= 11 is 1.63. The summed E-state index contributed by atoms with van der Waals surface area (Å²) in [7, 11) is 0. The van der Waals surface area contributed by atoms with E-state index in [1.165, 1.54) is 0 Å². The Morgan fingerprint density at radius 1 is 1.43 bits per heavy atom. The lowest BCUT2D eigenvalue weighted by molar-refractivity contribution is -0.122. The van der Waals surface area contributed by atoms with Gasteiger partial charge in [-0.3, -0.25) is 9.59 Å². The molecule has 3 rings (SSSR count). The molecule has 2 amide bonds. The lowest BCUT2D eigenvalue weighted by Gasteiger charge is -2.09. The van der Waals surface area contributed by atoms with E-state index in [1.54, 1.807) is 28.3 Å². The quantitative estimate of drug-likeness (QED) is 0.815. The molecule has 2 aromatic heterocycles. The molecule has 1 aliphatic carbocycles. The van der Waals surface area contributed by atoms with E-state index in [0.29, 0.717) is 24.8 Å². The molecular weight excluding hydrogens is 312 g/mol. The first-order valence-electron chi connectivity index (χ1n) is 7.74. The van der Waals surface area contributed by atoms with Crippen molar-refractivity contribution in [3.05, 3.63) is 34.7 Å².